The van der Waals surface area contributed by atoms with Crippen molar-refractivity contribution in [1.82, 2.24) is 30.1 Å². The monoisotopic (exact) mass is 432 g/mol. The molecule has 2 aromatic heterocycles. The summed E-state index contributed by atoms with van der Waals surface area (Å²) >= 11 is 6.77. The highest BCUT2D eigenvalue weighted by Crippen LogP contribution is 2.39. The fourth-order valence-corrected chi connectivity index (χ4v) is 5.79. The molecular formula is C14H21BrN6OS2. The van der Waals surface area contributed by atoms with Crippen LogP contribution >= 0.6 is 39.0 Å². The number of aromatic nitrogens is 5. The smallest absolute Gasteiger partial charge is 0.216 e. The van der Waals surface area contributed by atoms with Crippen molar-refractivity contribution in [3.63, 3.8) is 0 Å². The summed E-state index contributed by atoms with van der Waals surface area (Å²) in [6, 6.07) is 0. The molecule has 10 heteroatoms. The Balaban J connectivity index is 1.65. The van der Waals surface area contributed by atoms with Crippen LogP contribution in [0.25, 0.3) is 0 Å². The predicted octanol–water partition coefficient (Wildman–Crippen LogP) is 2.67. The van der Waals surface area contributed by atoms with Gasteiger partial charge >= 0.3 is 0 Å². The van der Waals surface area contributed by atoms with Crippen LogP contribution in [-0.2, 0) is 16.7 Å². The number of tetrazole rings is 1. The second-order valence-corrected chi connectivity index (χ2v) is 10.1. The lowest BCUT2D eigenvalue weighted by Crippen LogP contribution is -2.38. The van der Waals surface area contributed by atoms with E-state index < -0.39 is 0 Å². The highest BCUT2D eigenvalue weighted by Gasteiger charge is 2.23. The molecule has 1 fully saturated rings. The van der Waals surface area contributed by atoms with Gasteiger partial charge in [-0.05, 0) is 38.1 Å². The summed E-state index contributed by atoms with van der Waals surface area (Å²) in [5, 5.41) is 12.9. The summed E-state index contributed by atoms with van der Waals surface area (Å²) in [6.45, 7) is 11.7. The van der Waals surface area contributed by atoms with E-state index in [0.29, 0.717) is 0 Å². The topological polar surface area (TPSA) is 69.0 Å². The molecule has 3 rings (SSSR count). The second kappa shape index (κ2) is 7.77. The van der Waals surface area contributed by atoms with Gasteiger partial charge in [0.15, 0.2) is 4.34 Å². The van der Waals surface area contributed by atoms with E-state index in [9.17, 15) is 0 Å². The predicted molar refractivity (Wildman–Crippen MR) is 97.7 cm³/mol. The second-order valence-electron chi connectivity index (χ2n) is 6.59. The Morgan fingerprint density at radius 2 is 2.00 bits per heavy atom. The van der Waals surface area contributed by atoms with Crippen LogP contribution in [0.3, 0.4) is 0 Å². The molecule has 0 aromatic carbocycles. The van der Waals surface area contributed by atoms with Crippen LogP contribution in [-0.4, -0.2) is 62.9 Å². The molecule has 0 aliphatic carbocycles. The maximum absolute atomic E-state index is 5.38. The number of rotatable bonds is 5. The zero-order chi connectivity index (χ0) is 17.2. The zero-order valence-electron chi connectivity index (χ0n) is 14.0. The molecule has 0 bridgehead atoms. The molecule has 0 amide bonds. The first-order valence-corrected chi connectivity index (χ1v) is 10.3. The molecule has 0 radical (unpaired) electrons. The largest absolute Gasteiger partial charge is 0.379 e. The Morgan fingerprint density at radius 3 is 2.67 bits per heavy atom. The third-order valence-electron chi connectivity index (χ3n) is 3.69. The molecule has 7 nitrogen and oxygen atoms in total. The minimum Gasteiger partial charge on any atom is -0.379 e. The van der Waals surface area contributed by atoms with E-state index in [-0.39, 0.29) is 5.41 Å². The van der Waals surface area contributed by atoms with E-state index in [1.807, 2.05) is 4.68 Å². The van der Waals surface area contributed by atoms with Gasteiger partial charge in [0, 0.05) is 25.0 Å². The lowest BCUT2D eigenvalue weighted by atomic mass is 9.93. The summed E-state index contributed by atoms with van der Waals surface area (Å²) in [5.74, 6) is 0. The van der Waals surface area contributed by atoms with Crippen molar-refractivity contribution in [1.29, 1.82) is 0 Å². The number of halogens is 1. The van der Waals surface area contributed by atoms with Crippen molar-refractivity contribution >= 4 is 39.0 Å². The Bertz CT molecular complexity index is 677. The Hall–Kier alpha value is -0.550. The van der Waals surface area contributed by atoms with Crippen LogP contribution in [0.2, 0.25) is 0 Å². The van der Waals surface area contributed by atoms with E-state index in [0.717, 1.165) is 58.4 Å². The number of ether oxygens (including phenoxy) is 1. The Morgan fingerprint density at radius 1 is 1.25 bits per heavy atom. The Kier molecular flexibility index (Phi) is 5.91. The molecule has 0 N–H and O–H groups in total. The first-order chi connectivity index (χ1) is 11.4. The van der Waals surface area contributed by atoms with Gasteiger partial charge in [-0.25, -0.2) is 9.67 Å². The zero-order valence-corrected chi connectivity index (χ0v) is 17.2. The SMILES string of the molecule is CC(C)(C)c1nc(Sc2nnnn2CCN2CCOCC2)sc1Br. The number of morpholine rings is 1. The van der Waals surface area contributed by atoms with Crippen LogP contribution < -0.4 is 0 Å². The Labute approximate surface area is 158 Å². The fourth-order valence-electron chi connectivity index (χ4n) is 2.34. The van der Waals surface area contributed by atoms with Crippen molar-refractivity contribution in [2.45, 2.75) is 42.2 Å². The molecule has 1 saturated heterocycles. The average molecular weight is 433 g/mol. The first-order valence-electron chi connectivity index (χ1n) is 7.84. The van der Waals surface area contributed by atoms with Gasteiger partial charge in [0.25, 0.3) is 0 Å². The van der Waals surface area contributed by atoms with Crippen molar-refractivity contribution in [2.75, 3.05) is 32.8 Å². The minimum atomic E-state index is 0.0103. The van der Waals surface area contributed by atoms with Gasteiger partial charge < -0.3 is 4.74 Å². The standard InChI is InChI=1S/C14H21BrN6OS2/c1-14(2,3)10-11(15)23-13(16-10)24-12-17-18-19-21(12)5-4-20-6-8-22-9-7-20/h4-9H2,1-3H3. The number of thiazole rings is 1. The van der Waals surface area contributed by atoms with Gasteiger partial charge in [0.05, 0.1) is 29.2 Å². The maximum Gasteiger partial charge on any atom is 0.216 e. The van der Waals surface area contributed by atoms with Gasteiger partial charge in [-0.15, -0.1) is 5.10 Å². The molecule has 1 aliphatic rings. The van der Waals surface area contributed by atoms with Crippen molar-refractivity contribution in [3.8, 4) is 0 Å². The average Bonchev–Trinajstić information content (AvgIpc) is 3.12. The molecule has 3 heterocycles. The molecule has 0 atom stereocenters. The maximum atomic E-state index is 5.38. The third kappa shape index (κ3) is 4.54. The molecule has 0 unspecified atom stereocenters. The van der Waals surface area contributed by atoms with Crippen LogP contribution in [0.5, 0.6) is 0 Å². The van der Waals surface area contributed by atoms with Gasteiger partial charge in [-0.1, -0.05) is 32.1 Å². The van der Waals surface area contributed by atoms with E-state index >= 15 is 0 Å². The summed E-state index contributed by atoms with van der Waals surface area (Å²) in [5.41, 5.74) is 1.08. The number of hydrogen-bond acceptors (Lipinski definition) is 8. The van der Waals surface area contributed by atoms with Crippen molar-refractivity contribution in [3.05, 3.63) is 9.48 Å². The summed E-state index contributed by atoms with van der Waals surface area (Å²) in [4.78, 5) is 7.12. The number of nitrogens with zero attached hydrogens (tertiary/aromatic N) is 6. The molecule has 0 spiro atoms. The minimum absolute atomic E-state index is 0.0103. The summed E-state index contributed by atoms with van der Waals surface area (Å²) < 4.78 is 9.26. The highest BCUT2D eigenvalue weighted by atomic mass is 79.9. The summed E-state index contributed by atoms with van der Waals surface area (Å²) in [6.07, 6.45) is 0. The molecule has 24 heavy (non-hydrogen) atoms. The van der Waals surface area contributed by atoms with E-state index in [4.69, 9.17) is 9.72 Å². The highest BCUT2D eigenvalue weighted by molar-refractivity contribution is 9.11. The lowest BCUT2D eigenvalue weighted by molar-refractivity contribution is 0.0356. The van der Waals surface area contributed by atoms with Crippen LogP contribution in [0.1, 0.15) is 26.5 Å². The molecule has 1 aliphatic heterocycles. The molecular weight excluding hydrogens is 412 g/mol. The molecule has 0 saturated carbocycles. The van der Waals surface area contributed by atoms with Crippen LogP contribution in [0.4, 0.5) is 0 Å². The summed E-state index contributed by atoms with van der Waals surface area (Å²) in [7, 11) is 0. The lowest BCUT2D eigenvalue weighted by Gasteiger charge is -2.26. The third-order valence-corrected chi connectivity index (χ3v) is 6.43. The van der Waals surface area contributed by atoms with E-state index in [1.54, 1.807) is 11.3 Å². The van der Waals surface area contributed by atoms with Crippen LogP contribution in [0.15, 0.2) is 13.3 Å². The van der Waals surface area contributed by atoms with Gasteiger partial charge in [-0.2, -0.15) is 0 Å². The quantitative estimate of drug-likeness (QED) is 0.718. The van der Waals surface area contributed by atoms with E-state index in [1.165, 1.54) is 11.8 Å². The van der Waals surface area contributed by atoms with Crippen molar-refractivity contribution in [2.24, 2.45) is 0 Å². The number of hydrogen-bond donors (Lipinski definition) is 0. The normalized spacial score (nSPS) is 16.7. The van der Waals surface area contributed by atoms with E-state index in [2.05, 4.69) is 57.1 Å². The molecule has 2 aromatic rings. The van der Waals surface area contributed by atoms with Gasteiger partial charge in [-0.3, -0.25) is 4.90 Å². The molecule has 132 valence electrons. The fraction of sp³-hybridized carbons (Fsp3) is 0.714. The van der Waals surface area contributed by atoms with Crippen molar-refractivity contribution < 1.29 is 4.74 Å². The van der Waals surface area contributed by atoms with Gasteiger partial charge in [0.2, 0.25) is 5.16 Å². The van der Waals surface area contributed by atoms with Gasteiger partial charge in [0.1, 0.15) is 0 Å². The first kappa shape index (κ1) is 18.2. The van der Waals surface area contributed by atoms with Crippen LogP contribution in [0, 0.1) is 0 Å².